The normalized spacial score (nSPS) is 16.1. The molecule has 1 unspecified atom stereocenters. The molecule has 1 aliphatic rings. The fourth-order valence-corrected chi connectivity index (χ4v) is 4.87. The molecule has 29 heavy (non-hydrogen) atoms. The van der Waals surface area contributed by atoms with Crippen molar-refractivity contribution in [3.8, 4) is 6.07 Å². The SMILES string of the molecule is N#Cc1ccc2c(c1)CC(NS(=O)(=O)c1ccccc1)CN2Cc1ccccn1. The second-order valence-electron chi connectivity index (χ2n) is 6.99. The van der Waals surface area contributed by atoms with Gasteiger partial charge in [-0.1, -0.05) is 24.3 Å². The maximum absolute atomic E-state index is 12.8. The van der Waals surface area contributed by atoms with Gasteiger partial charge in [0.1, 0.15) is 0 Å². The molecular weight excluding hydrogens is 384 g/mol. The van der Waals surface area contributed by atoms with Crippen molar-refractivity contribution in [2.45, 2.75) is 23.9 Å². The summed E-state index contributed by atoms with van der Waals surface area (Å²) in [6.45, 7) is 1.07. The number of nitriles is 1. The Morgan fingerprint density at radius 2 is 1.90 bits per heavy atom. The van der Waals surface area contributed by atoms with Gasteiger partial charge < -0.3 is 4.90 Å². The quantitative estimate of drug-likeness (QED) is 0.707. The fourth-order valence-electron chi connectivity index (χ4n) is 3.62. The van der Waals surface area contributed by atoms with Crippen LogP contribution in [0.15, 0.2) is 77.8 Å². The first kappa shape index (κ1) is 19.1. The van der Waals surface area contributed by atoms with Crippen molar-refractivity contribution in [2.24, 2.45) is 0 Å². The van der Waals surface area contributed by atoms with E-state index in [9.17, 15) is 13.7 Å². The lowest BCUT2D eigenvalue weighted by Crippen LogP contribution is -2.48. The zero-order chi connectivity index (χ0) is 20.3. The van der Waals surface area contributed by atoms with Gasteiger partial charge in [-0.05, 0) is 54.4 Å². The summed E-state index contributed by atoms with van der Waals surface area (Å²) in [5.74, 6) is 0. The van der Waals surface area contributed by atoms with Crippen molar-refractivity contribution >= 4 is 15.7 Å². The van der Waals surface area contributed by atoms with Crippen LogP contribution in [0.2, 0.25) is 0 Å². The predicted molar refractivity (Wildman–Crippen MR) is 111 cm³/mol. The Labute approximate surface area is 170 Å². The van der Waals surface area contributed by atoms with E-state index in [1.807, 2.05) is 30.3 Å². The lowest BCUT2D eigenvalue weighted by Gasteiger charge is -2.36. The Balaban J connectivity index is 1.64. The van der Waals surface area contributed by atoms with Gasteiger partial charge in [-0.25, -0.2) is 13.1 Å². The number of benzene rings is 2. The van der Waals surface area contributed by atoms with Gasteiger partial charge in [0.15, 0.2) is 0 Å². The molecule has 1 aromatic heterocycles. The summed E-state index contributed by atoms with van der Waals surface area (Å²) in [6.07, 6.45) is 2.27. The minimum atomic E-state index is -3.63. The van der Waals surface area contributed by atoms with E-state index < -0.39 is 10.0 Å². The van der Waals surface area contributed by atoms with Gasteiger partial charge in [0.25, 0.3) is 0 Å². The Morgan fingerprint density at radius 1 is 1.10 bits per heavy atom. The summed E-state index contributed by atoms with van der Waals surface area (Å²) in [4.78, 5) is 6.75. The predicted octanol–water partition coefficient (Wildman–Crippen LogP) is 2.86. The average Bonchev–Trinajstić information content (AvgIpc) is 2.74. The molecule has 0 bridgehead atoms. The lowest BCUT2D eigenvalue weighted by atomic mass is 9.96. The third-order valence-corrected chi connectivity index (χ3v) is 6.45. The number of nitrogens with zero attached hydrogens (tertiary/aromatic N) is 3. The molecule has 0 saturated heterocycles. The zero-order valence-electron chi connectivity index (χ0n) is 15.7. The molecule has 0 radical (unpaired) electrons. The van der Waals surface area contributed by atoms with E-state index in [4.69, 9.17) is 0 Å². The lowest BCUT2D eigenvalue weighted by molar-refractivity contribution is 0.523. The summed E-state index contributed by atoms with van der Waals surface area (Å²) in [5, 5.41) is 9.26. The molecule has 7 heteroatoms. The average molecular weight is 404 g/mol. The summed E-state index contributed by atoms with van der Waals surface area (Å²) < 4.78 is 28.4. The van der Waals surface area contributed by atoms with Crippen molar-refractivity contribution in [3.05, 3.63) is 89.7 Å². The number of fused-ring (bicyclic) bond motifs is 1. The molecule has 1 atom stereocenters. The van der Waals surface area contributed by atoms with Crippen LogP contribution in [0.4, 0.5) is 5.69 Å². The van der Waals surface area contributed by atoms with E-state index in [0.717, 1.165) is 16.9 Å². The van der Waals surface area contributed by atoms with Crippen LogP contribution >= 0.6 is 0 Å². The standard InChI is InChI=1S/C22H20N4O2S/c23-14-17-9-10-22-18(12-17)13-20(16-26(22)15-19-6-4-5-11-24-19)25-29(27,28)21-7-2-1-3-8-21/h1-12,20,25H,13,15-16H2. The van der Waals surface area contributed by atoms with Crippen LogP contribution in [0.1, 0.15) is 16.8 Å². The Morgan fingerprint density at radius 3 is 2.62 bits per heavy atom. The van der Waals surface area contributed by atoms with Gasteiger partial charge in [0.2, 0.25) is 10.0 Å². The van der Waals surface area contributed by atoms with Gasteiger partial charge >= 0.3 is 0 Å². The van der Waals surface area contributed by atoms with Gasteiger partial charge in [-0.15, -0.1) is 0 Å². The minimum Gasteiger partial charge on any atom is -0.364 e. The molecule has 146 valence electrons. The monoisotopic (exact) mass is 404 g/mol. The number of anilines is 1. The molecule has 0 saturated carbocycles. The molecule has 3 aromatic rings. The van der Waals surface area contributed by atoms with E-state index >= 15 is 0 Å². The third kappa shape index (κ3) is 4.29. The number of nitrogens with one attached hydrogen (secondary N) is 1. The van der Waals surface area contributed by atoms with Crippen LogP contribution in [0.3, 0.4) is 0 Å². The minimum absolute atomic E-state index is 0.243. The van der Waals surface area contributed by atoms with Crippen LogP contribution in [0, 0.1) is 11.3 Å². The van der Waals surface area contributed by atoms with E-state index in [0.29, 0.717) is 25.1 Å². The zero-order valence-corrected chi connectivity index (χ0v) is 16.5. The molecule has 0 amide bonds. The number of pyridine rings is 1. The fraction of sp³-hybridized carbons (Fsp3) is 0.182. The van der Waals surface area contributed by atoms with Crippen molar-refractivity contribution in [3.63, 3.8) is 0 Å². The molecule has 4 rings (SSSR count). The van der Waals surface area contributed by atoms with E-state index in [2.05, 4.69) is 20.7 Å². The number of sulfonamides is 1. The van der Waals surface area contributed by atoms with Gasteiger partial charge in [0, 0.05) is 24.5 Å². The van der Waals surface area contributed by atoms with E-state index in [1.54, 1.807) is 42.6 Å². The Hall–Kier alpha value is -3.21. The topological polar surface area (TPSA) is 86.1 Å². The van der Waals surface area contributed by atoms with E-state index in [-0.39, 0.29) is 10.9 Å². The molecular formula is C22H20N4O2S. The highest BCUT2D eigenvalue weighted by Gasteiger charge is 2.28. The maximum Gasteiger partial charge on any atom is 0.240 e. The molecule has 1 N–H and O–H groups in total. The Bertz CT molecular complexity index is 1140. The molecule has 0 spiro atoms. The van der Waals surface area contributed by atoms with E-state index in [1.165, 1.54) is 0 Å². The summed E-state index contributed by atoms with van der Waals surface area (Å²) in [7, 11) is -3.63. The van der Waals surface area contributed by atoms with Crippen molar-refractivity contribution in [1.29, 1.82) is 5.26 Å². The Kier molecular flexibility index (Phi) is 5.30. The first-order valence-corrected chi connectivity index (χ1v) is 10.8. The van der Waals surface area contributed by atoms with Crippen LogP contribution in [-0.4, -0.2) is 26.0 Å². The largest absolute Gasteiger partial charge is 0.364 e. The van der Waals surface area contributed by atoms with Crippen LogP contribution in [0.5, 0.6) is 0 Å². The highest BCUT2D eigenvalue weighted by molar-refractivity contribution is 7.89. The number of rotatable bonds is 5. The summed E-state index contributed by atoms with van der Waals surface area (Å²) in [5.41, 5.74) is 3.42. The first-order valence-electron chi connectivity index (χ1n) is 9.30. The van der Waals surface area contributed by atoms with Gasteiger partial charge in [-0.2, -0.15) is 5.26 Å². The highest BCUT2D eigenvalue weighted by Crippen LogP contribution is 2.30. The smallest absolute Gasteiger partial charge is 0.240 e. The van der Waals surface area contributed by atoms with Gasteiger partial charge in [0.05, 0.1) is 28.8 Å². The second-order valence-corrected chi connectivity index (χ2v) is 8.71. The number of hydrogen-bond acceptors (Lipinski definition) is 5. The van der Waals surface area contributed by atoms with Crippen LogP contribution in [0.25, 0.3) is 0 Å². The van der Waals surface area contributed by atoms with Crippen LogP contribution < -0.4 is 9.62 Å². The first-order chi connectivity index (χ1) is 14.0. The summed E-state index contributed by atoms with van der Waals surface area (Å²) >= 11 is 0. The molecule has 2 heterocycles. The molecule has 1 aliphatic heterocycles. The van der Waals surface area contributed by atoms with Gasteiger partial charge in [-0.3, -0.25) is 4.98 Å². The maximum atomic E-state index is 12.8. The van der Waals surface area contributed by atoms with Crippen molar-refractivity contribution < 1.29 is 8.42 Å². The van der Waals surface area contributed by atoms with Crippen molar-refractivity contribution in [1.82, 2.24) is 9.71 Å². The number of hydrogen-bond donors (Lipinski definition) is 1. The van der Waals surface area contributed by atoms with Crippen molar-refractivity contribution in [2.75, 3.05) is 11.4 Å². The second kappa shape index (κ2) is 8.03. The number of aromatic nitrogens is 1. The summed E-state index contributed by atoms with van der Waals surface area (Å²) in [6, 6.07) is 21.5. The highest BCUT2D eigenvalue weighted by atomic mass is 32.2. The van der Waals surface area contributed by atoms with Crippen LogP contribution in [-0.2, 0) is 23.0 Å². The molecule has 6 nitrogen and oxygen atoms in total. The molecule has 0 fully saturated rings. The third-order valence-electron chi connectivity index (χ3n) is 4.91. The molecule has 2 aromatic carbocycles. The molecule has 0 aliphatic carbocycles.